The molecule has 1 fully saturated rings. The van der Waals surface area contributed by atoms with E-state index >= 15 is 0 Å². The van der Waals surface area contributed by atoms with Gasteiger partial charge in [-0.25, -0.2) is 0 Å². The highest BCUT2D eigenvalue weighted by Gasteiger charge is 2.24. The molecule has 1 rings (SSSR count). The molecular weight excluding hydrogens is 839 g/mol. The van der Waals surface area contributed by atoms with Crippen LogP contribution in [0, 0.1) is 17.2 Å². The molecule has 1 aliphatic rings. The number of likely N-dealkylation sites (tertiary alicyclic amines) is 1. The van der Waals surface area contributed by atoms with E-state index in [1.807, 2.05) is 0 Å². The number of esters is 1. The average Bonchev–Trinajstić information content (AvgIpc) is 3.87. The van der Waals surface area contributed by atoms with E-state index in [9.17, 15) is 9.59 Å². The highest BCUT2D eigenvalue weighted by atomic mass is 16.5. The molecule has 0 saturated carbocycles. The number of carbonyl (C=O) groups is 2. The van der Waals surface area contributed by atoms with E-state index in [0.29, 0.717) is 49.7 Å². The molecule has 1 aliphatic heterocycles. The van der Waals surface area contributed by atoms with Crippen molar-refractivity contribution < 1.29 is 19.1 Å². The Balaban J connectivity index is 2.81. The molecule has 0 spiro atoms. The van der Waals surface area contributed by atoms with E-state index in [4.69, 9.17) is 14.9 Å². The molecule has 0 aromatic carbocycles. The molecule has 0 radical (unpaired) electrons. The third-order valence-corrected chi connectivity index (χ3v) is 15.3. The minimum atomic E-state index is -0.0180. The Labute approximate surface area is 424 Å². The maximum atomic E-state index is 14.2. The smallest absolute Gasteiger partial charge is 0.305 e. The lowest BCUT2D eigenvalue weighted by molar-refractivity contribution is -0.145. The van der Waals surface area contributed by atoms with Crippen molar-refractivity contribution in [2.24, 2.45) is 11.8 Å². The molecule has 0 bridgehead atoms. The van der Waals surface area contributed by atoms with E-state index < -0.39 is 0 Å². The molecule has 1 heterocycles. The monoisotopic (exact) mass is 958 g/mol. The van der Waals surface area contributed by atoms with E-state index in [1.54, 1.807) is 0 Å². The molecule has 68 heavy (non-hydrogen) atoms. The second-order valence-corrected chi connectivity index (χ2v) is 21.8. The molecule has 3 unspecified atom stereocenters. The molecule has 7 heteroatoms. The maximum Gasteiger partial charge on any atom is 0.305 e. The van der Waals surface area contributed by atoms with Gasteiger partial charge in [-0.1, -0.05) is 221 Å². The van der Waals surface area contributed by atoms with Crippen LogP contribution in [0.4, 0.5) is 0 Å². The summed E-state index contributed by atoms with van der Waals surface area (Å²) in [5.41, 5.74) is 0. The van der Waals surface area contributed by atoms with Crippen LogP contribution >= 0.6 is 0 Å². The highest BCUT2D eigenvalue weighted by molar-refractivity contribution is 5.76. The maximum absolute atomic E-state index is 14.2. The van der Waals surface area contributed by atoms with Crippen LogP contribution in [0.5, 0.6) is 0 Å². The third-order valence-electron chi connectivity index (χ3n) is 15.3. The first-order chi connectivity index (χ1) is 33.4. The standard InChI is InChI=1S/C61H119N3O4/c1-6-11-16-21-24-31-43-56(41-29-19-14-9-4)54-67-59(62)47-35-27-33-45-58(64(53-40-52-63-50-38-39-51-63)60(65)48-36-26-23-18-13-8-3)46-34-28-37-49-61(66)68-55-57(42-30-20-15-10-5)44-32-25-22-17-12-7-2/h56-58,62H,6-55H2,1-5H3. The summed E-state index contributed by atoms with van der Waals surface area (Å²) >= 11 is 0. The number of rotatable bonds is 52. The van der Waals surface area contributed by atoms with Crippen LogP contribution < -0.4 is 0 Å². The van der Waals surface area contributed by atoms with Crippen LogP contribution in [-0.2, 0) is 19.1 Å². The minimum absolute atomic E-state index is 0.0180. The second-order valence-electron chi connectivity index (χ2n) is 21.8. The zero-order valence-electron chi connectivity index (χ0n) is 46.6. The van der Waals surface area contributed by atoms with Crippen molar-refractivity contribution in [1.29, 1.82) is 5.41 Å². The quantitative estimate of drug-likeness (QED) is 0.0284. The Morgan fingerprint density at radius 2 is 0.809 bits per heavy atom. The Morgan fingerprint density at radius 1 is 0.441 bits per heavy atom. The lowest BCUT2D eigenvalue weighted by Crippen LogP contribution is -2.42. The fourth-order valence-electron chi connectivity index (χ4n) is 10.6. The van der Waals surface area contributed by atoms with Crippen LogP contribution in [0.3, 0.4) is 0 Å². The Morgan fingerprint density at radius 3 is 1.29 bits per heavy atom. The van der Waals surface area contributed by atoms with Gasteiger partial charge in [0.15, 0.2) is 5.90 Å². The SMILES string of the molecule is CCCCCCCCC(=O)N(CCCN1CCCC1)C(CCCCCC(=N)OCC(CCCCCC)CCCCCCCC)CCCCCC(=O)OCC(CCCCCC)CCCCCCCC. The first kappa shape index (κ1) is 64.4. The number of hydrogen-bond acceptors (Lipinski definition) is 6. The van der Waals surface area contributed by atoms with Gasteiger partial charge in [-0.2, -0.15) is 0 Å². The van der Waals surface area contributed by atoms with E-state index in [2.05, 4.69) is 44.4 Å². The number of hydrogen-bond donors (Lipinski definition) is 1. The van der Waals surface area contributed by atoms with Crippen molar-refractivity contribution in [1.82, 2.24) is 9.80 Å². The summed E-state index contributed by atoms with van der Waals surface area (Å²) in [4.78, 5) is 32.1. The van der Waals surface area contributed by atoms with Gasteiger partial charge in [-0.15, -0.1) is 0 Å². The summed E-state index contributed by atoms with van der Waals surface area (Å²) in [5, 5.41) is 8.71. The lowest BCUT2D eigenvalue weighted by Gasteiger charge is -2.33. The van der Waals surface area contributed by atoms with Gasteiger partial charge < -0.3 is 19.3 Å². The fraction of sp³-hybridized carbons (Fsp3) is 0.951. The molecule has 0 aliphatic carbocycles. The van der Waals surface area contributed by atoms with Crippen molar-refractivity contribution >= 4 is 17.8 Å². The van der Waals surface area contributed by atoms with Gasteiger partial charge in [0.25, 0.3) is 0 Å². The molecule has 1 N–H and O–H groups in total. The van der Waals surface area contributed by atoms with Crippen LogP contribution in [0.1, 0.15) is 317 Å². The molecule has 1 amide bonds. The van der Waals surface area contributed by atoms with Crippen molar-refractivity contribution in [3.63, 3.8) is 0 Å². The lowest BCUT2D eigenvalue weighted by atomic mass is 9.95. The zero-order chi connectivity index (χ0) is 49.4. The van der Waals surface area contributed by atoms with Gasteiger partial charge in [-0.05, 0) is 109 Å². The van der Waals surface area contributed by atoms with Crippen molar-refractivity contribution in [2.75, 3.05) is 39.4 Å². The van der Waals surface area contributed by atoms with Crippen LogP contribution in [0.25, 0.3) is 0 Å². The number of unbranched alkanes of at least 4 members (excludes halogenated alkanes) is 25. The van der Waals surface area contributed by atoms with Gasteiger partial charge in [0.1, 0.15) is 0 Å². The predicted octanol–water partition coefficient (Wildman–Crippen LogP) is 18.5. The van der Waals surface area contributed by atoms with E-state index in [1.165, 1.54) is 206 Å². The summed E-state index contributed by atoms with van der Waals surface area (Å²) in [5.74, 6) is 1.90. The Hall–Kier alpha value is -1.63. The largest absolute Gasteiger partial charge is 0.481 e. The van der Waals surface area contributed by atoms with Crippen LogP contribution in [0.2, 0.25) is 0 Å². The first-order valence-electron chi connectivity index (χ1n) is 30.8. The molecule has 1 saturated heterocycles. The number of nitrogens with one attached hydrogen (secondary N) is 1. The topological polar surface area (TPSA) is 82.9 Å². The third kappa shape index (κ3) is 39.0. The summed E-state index contributed by atoms with van der Waals surface area (Å²) in [7, 11) is 0. The van der Waals surface area contributed by atoms with Gasteiger partial charge in [0.05, 0.1) is 13.2 Å². The van der Waals surface area contributed by atoms with Gasteiger partial charge in [0, 0.05) is 31.8 Å². The predicted molar refractivity (Wildman–Crippen MR) is 295 cm³/mol. The van der Waals surface area contributed by atoms with Crippen LogP contribution in [0.15, 0.2) is 0 Å². The Bertz CT molecular complexity index is 1050. The fourth-order valence-corrected chi connectivity index (χ4v) is 10.6. The van der Waals surface area contributed by atoms with Crippen LogP contribution in [-0.4, -0.2) is 73.0 Å². The first-order valence-corrected chi connectivity index (χ1v) is 30.8. The number of amides is 1. The van der Waals surface area contributed by atoms with Gasteiger partial charge in [0.2, 0.25) is 5.91 Å². The molecule has 0 aromatic heterocycles. The van der Waals surface area contributed by atoms with Crippen molar-refractivity contribution in [3.05, 3.63) is 0 Å². The van der Waals surface area contributed by atoms with Crippen molar-refractivity contribution in [2.45, 2.75) is 323 Å². The summed E-state index contributed by atoms with van der Waals surface area (Å²) in [6.07, 6.45) is 51.8. The Kier molecular flexibility index (Phi) is 46.4. The van der Waals surface area contributed by atoms with Crippen molar-refractivity contribution in [3.8, 4) is 0 Å². The van der Waals surface area contributed by atoms with E-state index in [-0.39, 0.29) is 12.0 Å². The number of carbonyl (C=O) groups excluding carboxylic acids is 2. The summed E-state index contributed by atoms with van der Waals surface area (Å²) < 4.78 is 12.1. The van der Waals surface area contributed by atoms with Gasteiger partial charge in [-0.3, -0.25) is 15.0 Å². The second kappa shape index (κ2) is 49.0. The normalized spacial score (nSPS) is 14.3. The molecule has 7 nitrogen and oxygen atoms in total. The molecular formula is C61H119N3O4. The molecule has 402 valence electrons. The molecule has 3 atom stereocenters. The zero-order valence-corrected chi connectivity index (χ0v) is 46.6. The highest BCUT2D eigenvalue weighted by Crippen LogP contribution is 2.24. The summed E-state index contributed by atoms with van der Waals surface area (Å²) in [6, 6.07) is 0.245. The average molecular weight is 959 g/mol. The summed E-state index contributed by atoms with van der Waals surface area (Å²) in [6.45, 7) is 17.1. The van der Waals surface area contributed by atoms with E-state index in [0.717, 1.165) is 90.1 Å². The number of ether oxygens (including phenoxy) is 2. The minimum Gasteiger partial charge on any atom is -0.481 e. The number of nitrogens with zero attached hydrogens (tertiary/aromatic N) is 2. The molecule has 0 aromatic rings. The van der Waals surface area contributed by atoms with Gasteiger partial charge >= 0.3 is 5.97 Å².